The lowest BCUT2D eigenvalue weighted by atomic mass is 9.61. The lowest BCUT2D eigenvalue weighted by Crippen LogP contribution is -2.57. The van der Waals surface area contributed by atoms with Gasteiger partial charge in [0.25, 0.3) is 0 Å². The molecule has 4 N–H and O–H groups in total. The van der Waals surface area contributed by atoms with Crippen molar-refractivity contribution in [1.29, 1.82) is 0 Å². The van der Waals surface area contributed by atoms with Crippen molar-refractivity contribution in [3.8, 4) is 0 Å². The monoisotopic (exact) mass is 269 g/mol. The molecule has 0 aromatic rings. The Morgan fingerprint density at radius 2 is 2.11 bits per heavy atom. The van der Waals surface area contributed by atoms with Crippen molar-refractivity contribution in [2.45, 2.75) is 32.6 Å². The molecule has 108 valence electrons. The van der Waals surface area contributed by atoms with Crippen LogP contribution >= 0.6 is 0 Å². The number of hydrogen-bond acceptors (Lipinski definition) is 4. The van der Waals surface area contributed by atoms with Crippen LogP contribution < -0.4 is 11.1 Å². The summed E-state index contributed by atoms with van der Waals surface area (Å²) in [6.07, 6.45) is 3.27. The maximum Gasteiger partial charge on any atom is 0.233 e. The molecule has 0 unspecified atom stereocenters. The van der Waals surface area contributed by atoms with E-state index in [1.54, 1.807) is 0 Å². The van der Waals surface area contributed by atoms with Crippen LogP contribution in [0.5, 0.6) is 0 Å². The summed E-state index contributed by atoms with van der Waals surface area (Å²) in [4.78, 5) is 12.3. The molecule has 0 spiro atoms. The molecule has 2 aliphatic rings. The van der Waals surface area contributed by atoms with Crippen LogP contribution in [0.2, 0.25) is 0 Å². The van der Waals surface area contributed by atoms with E-state index in [0.717, 1.165) is 26.1 Å². The van der Waals surface area contributed by atoms with Crippen molar-refractivity contribution < 1.29 is 14.7 Å². The smallest absolute Gasteiger partial charge is 0.233 e. The third-order valence-electron chi connectivity index (χ3n) is 4.32. The molecular formula is C13H23N3O3. The van der Waals surface area contributed by atoms with Gasteiger partial charge in [-0.05, 0) is 37.5 Å². The van der Waals surface area contributed by atoms with E-state index >= 15 is 0 Å². The minimum absolute atomic E-state index is 0.0371. The fourth-order valence-electron chi connectivity index (χ4n) is 3.09. The van der Waals surface area contributed by atoms with Gasteiger partial charge in [-0.1, -0.05) is 12.1 Å². The molecule has 1 saturated carbocycles. The van der Waals surface area contributed by atoms with Crippen LogP contribution in [0.4, 0.5) is 0 Å². The Morgan fingerprint density at radius 1 is 1.47 bits per heavy atom. The second-order valence-electron chi connectivity index (χ2n) is 5.85. The fourth-order valence-corrected chi connectivity index (χ4v) is 3.09. The van der Waals surface area contributed by atoms with E-state index in [-0.39, 0.29) is 11.7 Å². The van der Waals surface area contributed by atoms with E-state index in [4.69, 9.17) is 15.7 Å². The average Bonchev–Trinajstić information content (AvgIpc) is 2.41. The van der Waals surface area contributed by atoms with Crippen LogP contribution in [0.1, 0.15) is 32.6 Å². The van der Waals surface area contributed by atoms with Gasteiger partial charge in [0.2, 0.25) is 5.91 Å². The summed E-state index contributed by atoms with van der Waals surface area (Å²) in [5.74, 6) is 0.844. The fraction of sp³-hybridized carbons (Fsp3) is 0.846. The average molecular weight is 269 g/mol. The summed E-state index contributed by atoms with van der Waals surface area (Å²) in [5.41, 5.74) is 4.91. The highest BCUT2D eigenvalue weighted by molar-refractivity contribution is 6.07. The molecule has 6 heteroatoms. The summed E-state index contributed by atoms with van der Waals surface area (Å²) in [6.45, 7) is 4.25. The molecule has 1 aliphatic heterocycles. The summed E-state index contributed by atoms with van der Waals surface area (Å²) in [5, 5.41) is 14.9. The molecular weight excluding hydrogens is 246 g/mol. The Balaban J connectivity index is 1.90. The van der Waals surface area contributed by atoms with Gasteiger partial charge in [-0.25, -0.2) is 0 Å². The number of oxime groups is 1. The summed E-state index contributed by atoms with van der Waals surface area (Å²) in [6, 6.07) is 0. The molecule has 1 aliphatic carbocycles. The number of carbonyl (C=O) groups is 1. The number of rotatable bonds is 4. The van der Waals surface area contributed by atoms with Crippen molar-refractivity contribution in [3.05, 3.63) is 0 Å². The minimum Gasteiger partial charge on any atom is -0.409 e. The Morgan fingerprint density at radius 3 is 2.63 bits per heavy atom. The molecule has 6 nitrogen and oxygen atoms in total. The van der Waals surface area contributed by atoms with Gasteiger partial charge < -0.3 is 21.0 Å². The van der Waals surface area contributed by atoms with E-state index < -0.39 is 5.41 Å². The maximum atomic E-state index is 12.3. The predicted octanol–water partition coefficient (Wildman–Crippen LogP) is 0.692. The van der Waals surface area contributed by atoms with Gasteiger partial charge >= 0.3 is 0 Å². The lowest BCUT2D eigenvalue weighted by molar-refractivity contribution is -0.133. The molecule has 2 fully saturated rings. The van der Waals surface area contributed by atoms with E-state index in [1.165, 1.54) is 0 Å². The van der Waals surface area contributed by atoms with E-state index in [9.17, 15) is 4.79 Å². The quantitative estimate of drug-likeness (QED) is 0.303. The van der Waals surface area contributed by atoms with E-state index in [1.807, 2.05) is 0 Å². The van der Waals surface area contributed by atoms with Crippen LogP contribution in [0.25, 0.3) is 0 Å². The Kier molecular flexibility index (Phi) is 4.29. The Bertz CT molecular complexity index is 358. The number of nitrogens with two attached hydrogens (primary N) is 1. The first-order chi connectivity index (χ1) is 9.08. The Hall–Kier alpha value is -1.30. The highest BCUT2D eigenvalue weighted by Gasteiger charge is 2.52. The van der Waals surface area contributed by atoms with Crippen molar-refractivity contribution in [2.24, 2.45) is 28.1 Å². The van der Waals surface area contributed by atoms with Crippen molar-refractivity contribution in [3.63, 3.8) is 0 Å². The minimum atomic E-state index is -0.792. The predicted molar refractivity (Wildman–Crippen MR) is 70.8 cm³/mol. The van der Waals surface area contributed by atoms with Crippen LogP contribution in [0.3, 0.4) is 0 Å². The normalized spacial score (nSPS) is 32.7. The number of carbonyl (C=O) groups excluding carboxylic acids is 1. The molecule has 0 aromatic heterocycles. The molecule has 0 radical (unpaired) electrons. The number of hydrogen-bond donors (Lipinski definition) is 3. The van der Waals surface area contributed by atoms with Crippen LogP contribution in [-0.4, -0.2) is 36.7 Å². The number of nitrogens with zero attached hydrogens (tertiary/aromatic N) is 1. The molecule has 2 rings (SSSR count). The maximum absolute atomic E-state index is 12.3. The highest BCUT2D eigenvalue weighted by atomic mass is 16.5. The third kappa shape index (κ3) is 2.83. The first-order valence-corrected chi connectivity index (χ1v) is 6.92. The second-order valence-corrected chi connectivity index (χ2v) is 5.85. The molecule has 1 saturated heterocycles. The highest BCUT2D eigenvalue weighted by Crippen LogP contribution is 2.45. The first-order valence-electron chi connectivity index (χ1n) is 6.92. The summed E-state index contributed by atoms with van der Waals surface area (Å²) in [7, 11) is 0. The zero-order chi connectivity index (χ0) is 13.9. The van der Waals surface area contributed by atoms with Gasteiger partial charge in [-0.2, -0.15) is 0 Å². The number of nitrogens with one attached hydrogen (secondary N) is 1. The molecule has 1 heterocycles. The molecule has 0 atom stereocenters. The first kappa shape index (κ1) is 14.1. The zero-order valence-electron chi connectivity index (χ0n) is 11.4. The topological polar surface area (TPSA) is 96.9 Å². The molecule has 19 heavy (non-hydrogen) atoms. The van der Waals surface area contributed by atoms with E-state index in [2.05, 4.69) is 17.4 Å². The van der Waals surface area contributed by atoms with Gasteiger partial charge in [0.05, 0.1) is 0 Å². The standard InChI is InChI=1S/C13H23N3O3/c1-9-6-13(7-9,11(14)16-18)12(17)15-8-10-2-4-19-5-3-10/h9-10,18H,2-8H2,1H3,(H2,14,16)(H,15,17). The van der Waals surface area contributed by atoms with Gasteiger partial charge in [0, 0.05) is 19.8 Å². The van der Waals surface area contributed by atoms with Crippen molar-refractivity contribution in [1.82, 2.24) is 5.32 Å². The molecule has 1 amide bonds. The van der Waals surface area contributed by atoms with Crippen LogP contribution in [0, 0.1) is 17.3 Å². The van der Waals surface area contributed by atoms with Gasteiger partial charge in [-0.3, -0.25) is 4.79 Å². The van der Waals surface area contributed by atoms with Crippen LogP contribution in [-0.2, 0) is 9.53 Å². The van der Waals surface area contributed by atoms with Gasteiger partial charge in [0.1, 0.15) is 5.41 Å². The zero-order valence-corrected chi connectivity index (χ0v) is 11.4. The largest absolute Gasteiger partial charge is 0.409 e. The van der Waals surface area contributed by atoms with Gasteiger partial charge in [-0.15, -0.1) is 0 Å². The molecule has 0 aromatic carbocycles. The molecule has 0 bridgehead atoms. The SMILES string of the molecule is CC1CC(C(=O)NCC2CCOCC2)(C(N)=NO)C1. The van der Waals surface area contributed by atoms with Crippen molar-refractivity contribution >= 4 is 11.7 Å². The summed E-state index contributed by atoms with van der Waals surface area (Å²) >= 11 is 0. The van der Waals surface area contributed by atoms with E-state index in [0.29, 0.717) is 31.2 Å². The van der Waals surface area contributed by atoms with Crippen LogP contribution in [0.15, 0.2) is 5.16 Å². The summed E-state index contributed by atoms with van der Waals surface area (Å²) < 4.78 is 5.29. The van der Waals surface area contributed by atoms with Crippen molar-refractivity contribution in [2.75, 3.05) is 19.8 Å². The Labute approximate surface area is 113 Å². The third-order valence-corrected chi connectivity index (χ3v) is 4.32. The van der Waals surface area contributed by atoms with Gasteiger partial charge in [0.15, 0.2) is 5.84 Å². The number of ether oxygens (including phenoxy) is 1. The number of amidine groups is 1. The second kappa shape index (κ2) is 5.77. The lowest BCUT2D eigenvalue weighted by Gasteiger charge is -2.43. The number of amides is 1.